The Morgan fingerprint density at radius 1 is 1.07 bits per heavy atom. The molecule has 0 unspecified atom stereocenters. The third kappa shape index (κ3) is 5.22. The maximum absolute atomic E-state index is 12.5. The van der Waals surface area contributed by atoms with Gasteiger partial charge in [-0.05, 0) is 42.0 Å². The van der Waals surface area contributed by atoms with Gasteiger partial charge in [-0.15, -0.1) is 0 Å². The normalized spacial score (nSPS) is 10.7. The molecule has 0 aliphatic heterocycles. The zero-order chi connectivity index (χ0) is 21.5. The minimum atomic E-state index is -0.692. The number of halogens is 1. The molecule has 8 heteroatoms. The van der Waals surface area contributed by atoms with Gasteiger partial charge in [0.05, 0.1) is 15.6 Å². The SMILES string of the molecule is N#C/C(=C/c1cccc(Oc2ccccc2)c1)C(=O)Nc1ccc([N+](=O)[O-])cc1Cl. The number of nitriles is 1. The fourth-order valence-electron chi connectivity index (χ4n) is 2.52. The van der Waals surface area contributed by atoms with Crippen LogP contribution in [-0.2, 0) is 4.79 Å². The number of hydrogen-bond acceptors (Lipinski definition) is 5. The van der Waals surface area contributed by atoms with Gasteiger partial charge in [-0.3, -0.25) is 14.9 Å². The molecule has 0 bridgehead atoms. The summed E-state index contributed by atoms with van der Waals surface area (Å²) in [6, 6.07) is 21.6. The topological polar surface area (TPSA) is 105 Å². The molecule has 0 spiro atoms. The largest absolute Gasteiger partial charge is 0.457 e. The average molecular weight is 420 g/mol. The molecule has 1 N–H and O–H groups in total. The molecular formula is C22H14ClN3O4. The van der Waals surface area contributed by atoms with E-state index in [9.17, 15) is 20.2 Å². The van der Waals surface area contributed by atoms with Crippen molar-refractivity contribution in [2.24, 2.45) is 0 Å². The summed E-state index contributed by atoms with van der Waals surface area (Å²) in [4.78, 5) is 22.7. The lowest BCUT2D eigenvalue weighted by Gasteiger charge is -2.08. The smallest absolute Gasteiger partial charge is 0.271 e. The quantitative estimate of drug-likeness (QED) is 0.243. The summed E-state index contributed by atoms with van der Waals surface area (Å²) in [5, 5.41) is 22.7. The number of rotatable bonds is 6. The third-order valence-electron chi connectivity index (χ3n) is 3.92. The highest BCUT2D eigenvalue weighted by atomic mass is 35.5. The summed E-state index contributed by atoms with van der Waals surface area (Å²) in [6.45, 7) is 0. The first kappa shape index (κ1) is 20.6. The molecule has 0 aliphatic carbocycles. The van der Waals surface area contributed by atoms with Crippen LogP contribution >= 0.6 is 11.6 Å². The second kappa shape index (κ2) is 9.37. The fraction of sp³-hybridized carbons (Fsp3) is 0. The van der Waals surface area contributed by atoms with Crippen LogP contribution in [0.1, 0.15) is 5.56 Å². The molecule has 3 rings (SSSR count). The minimum Gasteiger partial charge on any atom is -0.457 e. The van der Waals surface area contributed by atoms with Crippen molar-refractivity contribution in [1.82, 2.24) is 0 Å². The number of carbonyl (C=O) groups is 1. The van der Waals surface area contributed by atoms with Crippen LogP contribution in [0.5, 0.6) is 11.5 Å². The van der Waals surface area contributed by atoms with Crippen LogP contribution in [-0.4, -0.2) is 10.8 Å². The lowest BCUT2D eigenvalue weighted by molar-refractivity contribution is -0.384. The molecule has 0 saturated heterocycles. The molecule has 3 aromatic carbocycles. The second-order valence-electron chi connectivity index (χ2n) is 6.03. The van der Waals surface area contributed by atoms with E-state index in [1.807, 2.05) is 36.4 Å². The van der Waals surface area contributed by atoms with Gasteiger partial charge < -0.3 is 10.1 Å². The van der Waals surface area contributed by atoms with E-state index in [1.54, 1.807) is 24.3 Å². The number of anilines is 1. The zero-order valence-corrected chi connectivity index (χ0v) is 16.2. The van der Waals surface area contributed by atoms with Crippen molar-refractivity contribution in [3.63, 3.8) is 0 Å². The molecule has 0 aliphatic rings. The van der Waals surface area contributed by atoms with Gasteiger partial charge in [0, 0.05) is 12.1 Å². The maximum atomic E-state index is 12.5. The van der Waals surface area contributed by atoms with Crippen LogP contribution in [0.4, 0.5) is 11.4 Å². The number of nitro groups is 1. The van der Waals surface area contributed by atoms with Gasteiger partial charge >= 0.3 is 0 Å². The van der Waals surface area contributed by atoms with Gasteiger partial charge in [0.25, 0.3) is 11.6 Å². The number of para-hydroxylation sites is 1. The summed E-state index contributed by atoms with van der Waals surface area (Å²) in [7, 11) is 0. The van der Waals surface area contributed by atoms with E-state index in [0.29, 0.717) is 17.1 Å². The second-order valence-corrected chi connectivity index (χ2v) is 6.44. The number of nitrogens with one attached hydrogen (secondary N) is 1. The first-order chi connectivity index (χ1) is 14.5. The van der Waals surface area contributed by atoms with Crippen LogP contribution < -0.4 is 10.1 Å². The molecule has 3 aromatic rings. The molecule has 0 atom stereocenters. The number of amides is 1. The molecule has 0 saturated carbocycles. The Morgan fingerprint density at radius 3 is 2.47 bits per heavy atom. The van der Waals surface area contributed by atoms with Crippen molar-refractivity contribution in [2.75, 3.05) is 5.32 Å². The van der Waals surface area contributed by atoms with Crippen LogP contribution in [0, 0.1) is 21.4 Å². The van der Waals surface area contributed by atoms with Crippen LogP contribution in [0.15, 0.2) is 78.4 Å². The molecule has 7 nitrogen and oxygen atoms in total. The third-order valence-corrected chi connectivity index (χ3v) is 4.24. The molecule has 0 aromatic heterocycles. The standard InChI is InChI=1S/C22H14ClN3O4/c23-20-13-17(26(28)29)9-10-21(20)25-22(27)16(14-24)11-15-5-4-8-19(12-15)30-18-6-2-1-3-7-18/h1-13H,(H,25,27)/b16-11-. The highest BCUT2D eigenvalue weighted by Crippen LogP contribution is 2.27. The Hall–Kier alpha value is -4.15. The molecule has 0 fully saturated rings. The van der Waals surface area contributed by atoms with Gasteiger partial charge in [-0.1, -0.05) is 41.9 Å². The average Bonchev–Trinajstić information content (AvgIpc) is 2.74. The lowest BCUT2D eigenvalue weighted by Crippen LogP contribution is -2.13. The van der Waals surface area contributed by atoms with E-state index in [-0.39, 0.29) is 22.0 Å². The Balaban J connectivity index is 1.78. The Morgan fingerprint density at radius 2 is 1.80 bits per heavy atom. The van der Waals surface area contributed by atoms with Crippen molar-refractivity contribution in [3.05, 3.63) is 99.1 Å². The Bertz CT molecular complexity index is 1170. The van der Waals surface area contributed by atoms with Crippen LogP contribution in [0.25, 0.3) is 6.08 Å². The molecule has 1 amide bonds. The van der Waals surface area contributed by atoms with Crippen molar-refractivity contribution in [2.45, 2.75) is 0 Å². The molecule has 30 heavy (non-hydrogen) atoms. The number of hydrogen-bond donors (Lipinski definition) is 1. The number of benzene rings is 3. The summed E-state index contributed by atoms with van der Waals surface area (Å²) >= 11 is 5.99. The number of nitro benzene ring substituents is 1. The van der Waals surface area contributed by atoms with Crippen molar-refractivity contribution in [3.8, 4) is 17.6 Å². The first-order valence-electron chi connectivity index (χ1n) is 8.66. The summed E-state index contributed by atoms with van der Waals surface area (Å²) in [5.74, 6) is 0.512. The highest BCUT2D eigenvalue weighted by molar-refractivity contribution is 6.34. The van der Waals surface area contributed by atoms with Gasteiger partial charge in [-0.2, -0.15) is 5.26 Å². The summed E-state index contributed by atoms with van der Waals surface area (Å²) < 4.78 is 5.75. The van der Waals surface area contributed by atoms with Gasteiger partial charge in [0.2, 0.25) is 0 Å². The predicted octanol–water partition coefficient (Wildman–Crippen LogP) is 5.59. The van der Waals surface area contributed by atoms with E-state index in [4.69, 9.17) is 16.3 Å². The minimum absolute atomic E-state index is 0.00639. The Kier molecular flexibility index (Phi) is 6.42. The highest BCUT2D eigenvalue weighted by Gasteiger charge is 2.14. The molecule has 0 heterocycles. The number of non-ortho nitro benzene ring substituents is 1. The summed E-state index contributed by atoms with van der Waals surface area (Å²) in [6.07, 6.45) is 1.41. The Labute approximate surface area is 176 Å². The van der Waals surface area contributed by atoms with E-state index >= 15 is 0 Å². The van der Waals surface area contributed by atoms with Gasteiger partial charge in [-0.25, -0.2) is 0 Å². The van der Waals surface area contributed by atoms with Gasteiger partial charge in [0.15, 0.2) is 0 Å². The first-order valence-corrected chi connectivity index (χ1v) is 9.04. The maximum Gasteiger partial charge on any atom is 0.271 e. The van der Waals surface area contributed by atoms with Crippen LogP contribution in [0.2, 0.25) is 5.02 Å². The van der Waals surface area contributed by atoms with Crippen molar-refractivity contribution < 1.29 is 14.5 Å². The predicted molar refractivity (Wildman–Crippen MR) is 113 cm³/mol. The monoisotopic (exact) mass is 419 g/mol. The molecular weight excluding hydrogens is 406 g/mol. The zero-order valence-electron chi connectivity index (χ0n) is 15.4. The lowest BCUT2D eigenvalue weighted by atomic mass is 10.1. The molecule has 0 radical (unpaired) electrons. The molecule has 148 valence electrons. The van der Waals surface area contributed by atoms with Crippen molar-refractivity contribution >= 4 is 35.0 Å². The van der Waals surface area contributed by atoms with Crippen LogP contribution in [0.3, 0.4) is 0 Å². The van der Waals surface area contributed by atoms with Gasteiger partial charge in [0.1, 0.15) is 23.1 Å². The van der Waals surface area contributed by atoms with E-state index in [1.165, 1.54) is 18.2 Å². The fourth-order valence-corrected chi connectivity index (χ4v) is 2.74. The van der Waals surface area contributed by atoms with E-state index in [2.05, 4.69) is 5.32 Å². The van der Waals surface area contributed by atoms with E-state index < -0.39 is 10.8 Å². The number of ether oxygens (including phenoxy) is 1. The number of nitrogens with zero attached hydrogens (tertiary/aromatic N) is 2. The van der Waals surface area contributed by atoms with E-state index in [0.717, 1.165) is 6.07 Å². The summed E-state index contributed by atoms with van der Waals surface area (Å²) in [5.41, 5.74) is 0.380. The number of carbonyl (C=O) groups excluding carboxylic acids is 1. The van der Waals surface area contributed by atoms with Crippen molar-refractivity contribution in [1.29, 1.82) is 5.26 Å².